The van der Waals surface area contributed by atoms with Gasteiger partial charge >= 0.3 is 0 Å². The summed E-state index contributed by atoms with van der Waals surface area (Å²) in [6.45, 7) is 3.25. The molecule has 1 aliphatic heterocycles. The number of hydrogen-bond donors (Lipinski definition) is 2. The van der Waals surface area contributed by atoms with Crippen molar-refractivity contribution in [3.63, 3.8) is 0 Å². The Morgan fingerprint density at radius 1 is 1.13 bits per heavy atom. The van der Waals surface area contributed by atoms with Crippen LogP contribution in [0.2, 0.25) is 0 Å². The summed E-state index contributed by atoms with van der Waals surface area (Å²) in [6, 6.07) is 13.7. The third-order valence-corrected chi connectivity index (χ3v) is 4.32. The van der Waals surface area contributed by atoms with E-state index in [2.05, 4.69) is 28.4 Å². The molecule has 0 spiro atoms. The standard InChI is InChI=1S/C19H23FN2O/c20-18-7-6-15(13-21-9-3-11-23)12-19(18)22-10-8-16-4-1-2-5-17(16)14-22/h1-2,4-7,12,21,23H,3,8-11,13-14H2. The smallest absolute Gasteiger partial charge is 0.146 e. The lowest BCUT2D eigenvalue weighted by molar-refractivity contribution is 0.286. The third-order valence-electron chi connectivity index (χ3n) is 4.32. The van der Waals surface area contributed by atoms with Gasteiger partial charge in [0.25, 0.3) is 0 Å². The number of hydrogen-bond acceptors (Lipinski definition) is 3. The molecular weight excluding hydrogens is 291 g/mol. The lowest BCUT2D eigenvalue weighted by Crippen LogP contribution is -2.31. The molecule has 0 radical (unpaired) electrons. The van der Waals surface area contributed by atoms with E-state index in [9.17, 15) is 4.39 Å². The second kappa shape index (κ2) is 7.57. The van der Waals surface area contributed by atoms with Gasteiger partial charge in [0.15, 0.2) is 0 Å². The van der Waals surface area contributed by atoms with E-state index in [1.54, 1.807) is 6.07 Å². The van der Waals surface area contributed by atoms with Crippen LogP contribution < -0.4 is 10.2 Å². The molecule has 2 aromatic rings. The number of aliphatic hydroxyl groups is 1. The SMILES string of the molecule is OCCCNCc1ccc(F)c(N2CCc3ccccc3C2)c1. The van der Waals surface area contributed by atoms with Crippen molar-refractivity contribution in [2.45, 2.75) is 25.9 Å². The molecule has 0 aliphatic carbocycles. The zero-order valence-electron chi connectivity index (χ0n) is 13.3. The average Bonchev–Trinajstić information content (AvgIpc) is 2.59. The second-order valence-corrected chi connectivity index (χ2v) is 5.98. The summed E-state index contributed by atoms with van der Waals surface area (Å²) < 4.78 is 14.3. The summed E-state index contributed by atoms with van der Waals surface area (Å²) >= 11 is 0. The molecule has 3 rings (SSSR count). The molecule has 3 nitrogen and oxygen atoms in total. The maximum Gasteiger partial charge on any atom is 0.146 e. The minimum absolute atomic E-state index is 0.163. The fraction of sp³-hybridized carbons (Fsp3) is 0.368. The monoisotopic (exact) mass is 314 g/mol. The van der Waals surface area contributed by atoms with E-state index < -0.39 is 0 Å². The predicted molar refractivity (Wildman–Crippen MR) is 91.0 cm³/mol. The van der Waals surface area contributed by atoms with Crippen LogP contribution in [0.15, 0.2) is 42.5 Å². The molecule has 0 unspecified atom stereocenters. The molecule has 2 N–H and O–H groups in total. The molecule has 0 aromatic heterocycles. The van der Waals surface area contributed by atoms with Gasteiger partial charge in [-0.25, -0.2) is 4.39 Å². The Morgan fingerprint density at radius 2 is 1.96 bits per heavy atom. The van der Waals surface area contributed by atoms with Crippen LogP contribution >= 0.6 is 0 Å². The van der Waals surface area contributed by atoms with E-state index >= 15 is 0 Å². The van der Waals surface area contributed by atoms with Gasteiger partial charge in [0.05, 0.1) is 5.69 Å². The summed E-state index contributed by atoms with van der Waals surface area (Å²) in [4.78, 5) is 2.12. The van der Waals surface area contributed by atoms with Gasteiger partial charge in [-0.2, -0.15) is 0 Å². The molecule has 2 aromatic carbocycles. The van der Waals surface area contributed by atoms with E-state index in [1.807, 2.05) is 18.2 Å². The molecule has 122 valence electrons. The predicted octanol–water partition coefficient (Wildman–Crippen LogP) is 2.86. The van der Waals surface area contributed by atoms with Gasteiger partial charge in [-0.1, -0.05) is 30.3 Å². The Hall–Kier alpha value is -1.91. The van der Waals surface area contributed by atoms with Crippen molar-refractivity contribution in [1.82, 2.24) is 5.32 Å². The molecule has 0 saturated heterocycles. The molecule has 0 bridgehead atoms. The first-order valence-corrected chi connectivity index (χ1v) is 8.19. The molecule has 0 fully saturated rings. The van der Waals surface area contributed by atoms with Crippen LogP contribution in [0.3, 0.4) is 0 Å². The number of nitrogens with one attached hydrogen (secondary N) is 1. The van der Waals surface area contributed by atoms with E-state index in [0.29, 0.717) is 12.2 Å². The molecule has 0 atom stereocenters. The minimum Gasteiger partial charge on any atom is -0.396 e. The van der Waals surface area contributed by atoms with Crippen molar-refractivity contribution < 1.29 is 9.50 Å². The van der Waals surface area contributed by atoms with Crippen LogP contribution in [0, 0.1) is 5.82 Å². The van der Waals surface area contributed by atoms with Gasteiger partial charge in [0.2, 0.25) is 0 Å². The zero-order chi connectivity index (χ0) is 16.1. The highest BCUT2D eigenvalue weighted by Gasteiger charge is 2.18. The Bertz CT molecular complexity index is 660. The summed E-state index contributed by atoms with van der Waals surface area (Å²) in [6.07, 6.45) is 1.69. The summed E-state index contributed by atoms with van der Waals surface area (Å²) in [5, 5.41) is 12.1. The van der Waals surface area contributed by atoms with E-state index in [0.717, 1.165) is 38.0 Å². The Balaban J connectivity index is 1.72. The normalized spacial score (nSPS) is 13.9. The lowest BCUT2D eigenvalue weighted by Gasteiger charge is -2.31. The number of benzene rings is 2. The van der Waals surface area contributed by atoms with Crippen molar-refractivity contribution in [3.8, 4) is 0 Å². The number of anilines is 1. The van der Waals surface area contributed by atoms with Crippen LogP contribution in [0.5, 0.6) is 0 Å². The number of halogens is 1. The van der Waals surface area contributed by atoms with Crippen LogP contribution in [0.4, 0.5) is 10.1 Å². The minimum atomic E-state index is -0.163. The van der Waals surface area contributed by atoms with Crippen molar-refractivity contribution in [2.75, 3.05) is 24.6 Å². The second-order valence-electron chi connectivity index (χ2n) is 5.98. The van der Waals surface area contributed by atoms with Gasteiger partial charge in [-0.3, -0.25) is 0 Å². The fourth-order valence-electron chi connectivity index (χ4n) is 3.05. The van der Waals surface area contributed by atoms with Gasteiger partial charge < -0.3 is 15.3 Å². The highest BCUT2D eigenvalue weighted by Crippen LogP contribution is 2.27. The Kier molecular flexibility index (Phi) is 5.26. The molecule has 0 saturated carbocycles. The fourth-order valence-corrected chi connectivity index (χ4v) is 3.05. The van der Waals surface area contributed by atoms with Gasteiger partial charge in [-0.15, -0.1) is 0 Å². The van der Waals surface area contributed by atoms with Crippen LogP contribution in [0.25, 0.3) is 0 Å². The van der Waals surface area contributed by atoms with Gasteiger partial charge in [0.1, 0.15) is 5.82 Å². The van der Waals surface area contributed by atoms with Crippen molar-refractivity contribution in [3.05, 3.63) is 65.0 Å². The van der Waals surface area contributed by atoms with Crippen LogP contribution in [-0.2, 0) is 19.5 Å². The van der Waals surface area contributed by atoms with Crippen molar-refractivity contribution >= 4 is 5.69 Å². The van der Waals surface area contributed by atoms with Crippen molar-refractivity contribution in [1.29, 1.82) is 0 Å². The number of aliphatic hydroxyl groups excluding tert-OH is 1. The van der Waals surface area contributed by atoms with E-state index in [1.165, 1.54) is 11.1 Å². The first kappa shape index (κ1) is 16.0. The highest BCUT2D eigenvalue weighted by atomic mass is 19.1. The molecule has 1 aliphatic rings. The lowest BCUT2D eigenvalue weighted by atomic mass is 9.99. The Morgan fingerprint density at radius 3 is 2.78 bits per heavy atom. The molecule has 23 heavy (non-hydrogen) atoms. The molecule has 4 heteroatoms. The van der Waals surface area contributed by atoms with Crippen LogP contribution in [-0.4, -0.2) is 24.8 Å². The molecule has 0 amide bonds. The first-order valence-electron chi connectivity index (χ1n) is 8.19. The molecular formula is C19H23FN2O. The number of fused-ring (bicyclic) bond motifs is 1. The third kappa shape index (κ3) is 3.89. The maximum absolute atomic E-state index is 14.3. The number of rotatable bonds is 6. The largest absolute Gasteiger partial charge is 0.396 e. The number of nitrogens with zero attached hydrogens (tertiary/aromatic N) is 1. The molecule has 1 heterocycles. The topological polar surface area (TPSA) is 35.5 Å². The summed E-state index contributed by atoms with van der Waals surface area (Å²) in [7, 11) is 0. The average molecular weight is 314 g/mol. The van der Waals surface area contributed by atoms with E-state index in [4.69, 9.17) is 5.11 Å². The zero-order valence-corrected chi connectivity index (χ0v) is 13.3. The summed E-state index contributed by atoms with van der Waals surface area (Å²) in [5.74, 6) is -0.163. The maximum atomic E-state index is 14.3. The van der Waals surface area contributed by atoms with Crippen LogP contribution in [0.1, 0.15) is 23.1 Å². The van der Waals surface area contributed by atoms with Gasteiger partial charge in [0, 0.05) is 26.2 Å². The van der Waals surface area contributed by atoms with Crippen molar-refractivity contribution in [2.24, 2.45) is 0 Å². The first-order chi connectivity index (χ1) is 11.3. The van der Waals surface area contributed by atoms with E-state index in [-0.39, 0.29) is 12.4 Å². The van der Waals surface area contributed by atoms with Gasteiger partial charge in [-0.05, 0) is 48.2 Å². The quantitative estimate of drug-likeness (QED) is 0.805. The highest BCUT2D eigenvalue weighted by molar-refractivity contribution is 5.52. The Labute approximate surface area is 136 Å². The summed E-state index contributed by atoms with van der Waals surface area (Å²) in [5.41, 5.74) is 4.40.